The number of rotatable bonds is 5. The number of pyridine rings is 1. The van der Waals surface area contributed by atoms with Crippen LogP contribution in [0.5, 0.6) is 11.5 Å². The number of hydrogen-bond donors (Lipinski definition) is 0. The Morgan fingerprint density at radius 2 is 1.50 bits per heavy atom. The molecule has 0 aliphatic rings. The van der Waals surface area contributed by atoms with E-state index < -0.39 is 5.82 Å². The standard InChI is InChI=1S/C23H15Cl3FN3O2/c1-31-14-7-12(8-15(10-14)32-2)19-20(22-17(25)9-13(24)11-28-22)23(26)30-29-21(19)16-5-3-4-6-18(16)27/h3-11H,1-2H3. The van der Waals surface area contributed by atoms with Crippen molar-refractivity contribution in [2.45, 2.75) is 0 Å². The van der Waals surface area contributed by atoms with Crippen LogP contribution in [0.3, 0.4) is 0 Å². The summed E-state index contributed by atoms with van der Waals surface area (Å²) in [5.74, 6) is 0.571. The lowest BCUT2D eigenvalue weighted by molar-refractivity contribution is 0.394. The molecular formula is C23H15Cl3FN3O2. The van der Waals surface area contributed by atoms with Gasteiger partial charge in [0.1, 0.15) is 23.0 Å². The van der Waals surface area contributed by atoms with E-state index in [-0.39, 0.29) is 21.4 Å². The molecule has 0 fully saturated rings. The van der Waals surface area contributed by atoms with Crippen molar-refractivity contribution < 1.29 is 13.9 Å². The minimum absolute atomic E-state index is 0.0404. The zero-order chi connectivity index (χ0) is 22.8. The fraction of sp³-hybridized carbons (Fsp3) is 0.0870. The molecule has 32 heavy (non-hydrogen) atoms. The van der Waals surface area contributed by atoms with Crippen molar-refractivity contribution in [3.63, 3.8) is 0 Å². The maximum Gasteiger partial charge on any atom is 0.161 e. The van der Waals surface area contributed by atoms with Crippen molar-refractivity contribution in [2.24, 2.45) is 0 Å². The van der Waals surface area contributed by atoms with Gasteiger partial charge in [-0.3, -0.25) is 4.98 Å². The Labute approximate surface area is 198 Å². The molecule has 0 aliphatic carbocycles. The Balaban J connectivity index is 2.14. The summed E-state index contributed by atoms with van der Waals surface area (Å²) in [6.07, 6.45) is 1.44. The first-order chi connectivity index (χ1) is 15.4. The monoisotopic (exact) mass is 489 g/mol. The van der Waals surface area contributed by atoms with Crippen LogP contribution >= 0.6 is 34.8 Å². The minimum Gasteiger partial charge on any atom is -0.497 e. The Morgan fingerprint density at radius 3 is 2.12 bits per heavy atom. The lowest BCUT2D eigenvalue weighted by atomic mass is 9.93. The fourth-order valence-electron chi connectivity index (χ4n) is 3.30. The van der Waals surface area contributed by atoms with E-state index in [1.165, 1.54) is 26.5 Å². The molecule has 4 rings (SSSR count). The predicted molar refractivity (Wildman–Crippen MR) is 124 cm³/mol. The van der Waals surface area contributed by atoms with Gasteiger partial charge in [-0.15, -0.1) is 10.2 Å². The van der Waals surface area contributed by atoms with Crippen LogP contribution in [0.2, 0.25) is 15.2 Å². The summed E-state index contributed by atoms with van der Waals surface area (Å²) in [4.78, 5) is 4.37. The molecule has 0 N–H and O–H groups in total. The van der Waals surface area contributed by atoms with Gasteiger partial charge in [0.2, 0.25) is 0 Å². The molecule has 162 valence electrons. The molecule has 0 aliphatic heterocycles. The normalized spacial score (nSPS) is 10.8. The van der Waals surface area contributed by atoms with Gasteiger partial charge in [-0.1, -0.05) is 46.9 Å². The van der Waals surface area contributed by atoms with Gasteiger partial charge in [0.05, 0.1) is 35.5 Å². The Hall–Kier alpha value is -2.93. The molecule has 2 heterocycles. The van der Waals surface area contributed by atoms with E-state index in [4.69, 9.17) is 44.3 Å². The molecule has 4 aromatic rings. The summed E-state index contributed by atoms with van der Waals surface area (Å²) in [5.41, 5.74) is 2.25. The van der Waals surface area contributed by atoms with Crippen molar-refractivity contribution in [2.75, 3.05) is 14.2 Å². The number of nitrogens with zero attached hydrogens (tertiary/aromatic N) is 3. The maximum absolute atomic E-state index is 14.8. The van der Waals surface area contributed by atoms with Crippen LogP contribution in [0.4, 0.5) is 4.39 Å². The van der Waals surface area contributed by atoms with E-state index in [0.717, 1.165) is 0 Å². The number of halogens is 4. The number of hydrogen-bond acceptors (Lipinski definition) is 5. The number of aromatic nitrogens is 3. The molecule has 0 atom stereocenters. The summed E-state index contributed by atoms with van der Waals surface area (Å²) in [6.45, 7) is 0. The lowest BCUT2D eigenvalue weighted by Gasteiger charge is -2.17. The second-order valence-electron chi connectivity index (χ2n) is 6.65. The van der Waals surface area contributed by atoms with E-state index >= 15 is 0 Å². The van der Waals surface area contributed by atoms with Crippen LogP contribution in [-0.4, -0.2) is 29.4 Å². The summed E-state index contributed by atoms with van der Waals surface area (Å²) >= 11 is 19.0. The molecule has 0 amide bonds. The molecule has 2 aromatic carbocycles. The molecule has 2 aromatic heterocycles. The van der Waals surface area contributed by atoms with Gasteiger partial charge in [0, 0.05) is 23.4 Å². The zero-order valence-corrected chi connectivity index (χ0v) is 19.1. The summed E-state index contributed by atoms with van der Waals surface area (Å²) in [7, 11) is 3.07. The van der Waals surface area contributed by atoms with Crippen LogP contribution in [-0.2, 0) is 0 Å². The Morgan fingerprint density at radius 1 is 0.812 bits per heavy atom. The Bertz CT molecular complexity index is 1300. The summed E-state index contributed by atoms with van der Waals surface area (Å²) in [5, 5.41) is 8.94. The third-order valence-electron chi connectivity index (χ3n) is 4.74. The third-order valence-corrected chi connectivity index (χ3v) is 5.50. The van der Waals surface area contributed by atoms with E-state index in [1.807, 2.05) is 0 Å². The van der Waals surface area contributed by atoms with Gasteiger partial charge in [0.15, 0.2) is 5.15 Å². The average molecular weight is 491 g/mol. The van der Waals surface area contributed by atoms with Gasteiger partial charge < -0.3 is 9.47 Å². The molecule has 0 radical (unpaired) electrons. The first-order valence-corrected chi connectivity index (χ1v) is 10.4. The number of benzene rings is 2. The third kappa shape index (κ3) is 4.21. The van der Waals surface area contributed by atoms with Crippen LogP contribution in [0, 0.1) is 5.82 Å². The summed E-state index contributed by atoms with van der Waals surface area (Å²) < 4.78 is 25.7. The molecule has 0 spiro atoms. The molecule has 5 nitrogen and oxygen atoms in total. The average Bonchev–Trinajstić information content (AvgIpc) is 2.79. The SMILES string of the molecule is COc1cc(OC)cc(-c2c(-c3ccccc3F)nnc(Cl)c2-c2ncc(Cl)cc2Cl)c1. The summed E-state index contributed by atoms with van der Waals surface area (Å²) in [6, 6.07) is 13.0. The zero-order valence-electron chi connectivity index (χ0n) is 16.9. The molecular weight excluding hydrogens is 476 g/mol. The molecule has 9 heteroatoms. The predicted octanol–water partition coefficient (Wildman–Crippen LogP) is 6.99. The van der Waals surface area contributed by atoms with Gasteiger partial charge >= 0.3 is 0 Å². The first-order valence-electron chi connectivity index (χ1n) is 9.29. The van der Waals surface area contributed by atoms with Crippen molar-refractivity contribution in [3.05, 3.63) is 75.7 Å². The smallest absolute Gasteiger partial charge is 0.161 e. The van der Waals surface area contributed by atoms with Crippen molar-refractivity contribution in [1.82, 2.24) is 15.2 Å². The topological polar surface area (TPSA) is 57.1 Å². The highest BCUT2D eigenvalue weighted by molar-refractivity contribution is 6.38. The van der Waals surface area contributed by atoms with Gasteiger partial charge in [-0.2, -0.15) is 0 Å². The van der Waals surface area contributed by atoms with Gasteiger partial charge in [0.25, 0.3) is 0 Å². The molecule has 0 saturated heterocycles. The van der Waals surface area contributed by atoms with Crippen molar-refractivity contribution in [3.8, 4) is 45.1 Å². The molecule has 0 saturated carbocycles. The van der Waals surface area contributed by atoms with Crippen LogP contribution < -0.4 is 9.47 Å². The highest BCUT2D eigenvalue weighted by atomic mass is 35.5. The van der Waals surface area contributed by atoms with Crippen LogP contribution in [0.15, 0.2) is 54.7 Å². The quantitative estimate of drug-likeness (QED) is 0.302. The highest BCUT2D eigenvalue weighted by Crippen LogP contribution is 2.45. The van der Waals surface area contributed by atoms with E-state index in [2.05, 4.69) is 15.2 Å². The van der Waals surface area contributed by atoms with Gasteiger partial charge in [-0.25, -0.2) is 4.39 Å². The highest BCUT2D eigenvalue weighted by Gasteiger charge is 2.25. The maximum atomic E-state index is 14.8. The largest absolute Gasteiger partial charge is 0.497 e. The van der Waals surface area contributed by atoms with Crippen molar-refractivity contribution in [1.29, 1.82) is 0 Å². The van der Waals surface area contributed by atoms with Crippen LogP contribution in [0.25, 0.3) is 33.6 Å². The fourth-order valence-corrected chi connectivity index (χ4v) is 4.00. The minimum atomic E-state index is -0.471. The van der Waals surface area contributed by atoms with Crippen LogP contribution in [0.1, 0.15) is 0 Å². The van der Waals surface area contributed by atoms with E-state index in [1.54, 1.807) is 42.5 Å². The molecule has 0 unspecified atom stereocenters. The number of methoxy groups -OCH3 is 2. The van der Waals surface area contributed by atoms with E-state index in [9.17, 15) is 4.39 Å². The Kier molecular flexibility index (Phi) is 6.46. The molecule has 0 bridgehead atoms. The first kappa shape index (κ1) is 22.3. The lowest BCUT2D eigenvalue weighted by Crippen LogP contribution is -2.01. The second-order valence-corrected chi connectivity index (χ2v) is 7.86. The van der Waals surface area contributed by atoms with Crippen molar-refractivity contribution >= 4 is 34.8 Å². The second kappa shape index (κ2) is 9.28. The number of ether oxygens (including phenoxy) is 2. The van der Waals surface area contributed by atoms with Gasteiger partial charge in [-0.05, 0) is 35.9 Å². The van der Waals surface area contributed by atoms with E-state index in [0.29, 0.717) is 38.9 Å².